The molecule has 1 aliphatic carbocycles. The van der Waals surface area contributed by atoms with Crippen molar-refractivity contribution in [3.8, 4) is 0 Å². The second kappa shape index (κ2) is 4.62. The van der Waals surface area contributed by atoms with Gasteiger partial charge < -0.3 is 11.1 Å². The molecule has 1 aliphatic rings. The Hall–Kier alpha value is -1.35. The molecule has 0 heterocycles. The van der Waals surface area contributed by atoms with E-state index in [-0.39, 0.29) is 5.84 Å². The molecular weight excluding hydrogens is 162 g/mol. The zero-order chi connectivity index (χ0) is 9.68. The molecule has 0 aromatic rings. The van der Waals surface area contributed by atoms with Crippen molar-refractivity contribution >= 4 is 5.84 Å². The molecule has 0 fully saturated rings. The Balaban J connectivity index is 2.76. The van der Waals surface area contributed by atoms with E-state index in [1.54, 1.807) is 0 Å². The number of nitrogens with two attached hydrogens (primary N) is 1. The van der Waals surface area contributed by atoms with E-state index in [0.717, 1.165) is 18.5 Å². The highest BCUT2D eigenvalue weighted by atomic mass is 14.8. The first-order chi connectivity index (χ1) is 6.24. The molecule has 0 spiro atoms. The van der Waals surface area contributed by atoms with E-state index in [1.807, 2.05) is 31.4 Å². The Morgan fingerprint density at radius 1 is 1.62 bits per heavy atom. The fraction of sp³-hybridized carbons (Fsp3) is 0.300. The van der Waals surface area contributed by atoms with Crippen LogP contribution in [0.15, 0.2) is 35.5 Å². The average molecular weight is 177 g/mol. The van der Waals surface area contributed by atoms with Crippen LogP contribution in [-0.2, 0) is 0 Å². The lowest BCUT2D eigenvalue weighted by Gasteiger charge is -1.99. The van der Waals surface area contributed by atoms with E-state index in [1.165, 1.54) is 5.57 Å². The molecule has 0 saturated heterocycles. The van der Waals surface area contributed by atoms with Crippen LogP contribution in [0.4, 0.5) is 0 Å². The first-order valence-corrected chi connectivity index (χ1v) is 4.29. The van der Waals surface area contributed by atoms with Gasteiger partial charge in [0.25, 0.3) is 0 Å². The molecule has 3 heteroatoms. The lowest BCUT2D eigenvalue weighted by Crippen LogP contribution is -2.11. The molecule has 0 aromatic carbocycles. The van der Waals surface area contributed by atoms with Crippen LogP contribution < -0.4 is 11.1 Å². The van der Waals surface area contributed by atoms with Crippen molar-refractivity contribution in [3.63, 3.8) is 0 Å². The molecule has 0 amide bonds. The van der Waals surface area contributed by atoms with Crippen LogP contribution in [0.25, 0.3) is 0 Å². The average Bonchev–Trinajstić information content (AvgIpc) is 2.30. The van der Waals surface area contributed by atoms with Crippen LogP contribution in [0, 0.1) is 5.41 Å². The van der Waals surface area contributed by atoms with E-state index in [9.17, 15) is 0 Å². The number of nitrogens with one attached hydrogen (secondary N) is 2. The van der Waals surface area contributed by atoms with Crippen LogP contribution in [0.3, 0.4) is 0 Å². The van der Waals surface area contributed by atoms with Crippen LogP contribution in [0.5, 0.6) is 0 Å². The molecular formula is C10H15N3. The van der Waals surface area contributed by atoms with E-state index in [4.69, 9.17) is 11.1 Å². The van der Waals surface area contributed by atoms with Gasteiger partial charge in [-0.2, -0.15) is 0 Å². The molecule has 0 bridgehead atoms. The highest BCUT2D eigenvalue weighted by Gasteiger charge is 2.00. The zero-order valence-corrected chi connectivity index (χ0v) is 7.80. The fourth-order valence-corrected chi connectivity index (χ4v) is 1.21. The van der Waals surface area contributed by atoms with Crippen LogP contribution >= 0.6 is 0 Å². The van der Waals surface area contributed by atoms with Gasteiger partial charge in [-0.15, -0.1) is 0 Å². The molecule has 0 atom stereocenters. The Labute approximate surface area is 78.5 Å². The maximum atomic E-state index is 7.27. The van der Waals surface area contributed by atoms with Gasteiger partial charge in [0.05, 0.1) is 0 Å². The first-order valence-electron chi connectivity index (χ1n) is 4.29. The lowest BCUT2D eigenvalue weighted by atomic mass is 10.2. The summed E-state index contributed by atoms with van der Waals surface area (Å²) in [6.45, 7) is 0.881. The fourth-order valence-electron chi connectivity index (χ4n) is 1.21. The van der Waals surface area contributed by atoms with Gasteiger partial charge in [0.1, 0.15) is 5.84 Å². The Bertz CT molecular complexity index is 285. The summed E-state index contributed by atoms with van der Waals surface area (Å²) in [6, 6.07) is 0. The second-order valence-corrected chi connectivity index (χ2v) is 3.00. The van der Waals surface area contributed by atoms with Gasteiger partial charge in [-0.1, -0.05) is 29.9 Å². The van der Waals surface area contributed by atoms with Crippen LogP contribution in [-0.4, -0.2) is 19.4 Å². The normalized spacial score (nSPS) is 16.1. The van der Waals surface area contributed by atoms with Crippen molar-refractivity contribution in [2.45, 2.75) is 6.42 Å². The quantitative estimate of drug-likeness (QED) is 0.444. The topological polar surface area (TPSA) is 61.9 Å². The van der Waals surface area contributed by atoms with Gasteiger partial charge in [0.2, 0.25) is 0 Å². The van der Waals surface area contributed by atoms with Gasteiger partial charge in [-0.05, 0) is 13.5 Å². The number of amidine groups is 1. The van der Waals surface area contributed by atoms with Crippen molar-refractivity contribution in [3.05, 3.63) is 35.5 Å². The molecule has 0 unspecified atom stereocenters. The van der Waals surface area contributed by atoms with Gasteiger partial charge in [-0.3, -0.25) is 5.41 Å². The minimum Gasteiger partial charge on any atom is -0.384 e. The smallest absolute Gasteiger partial charge is 0.122 e. The van der Waals surface area contributed by atoms with Crippen molar-refractivity contribution in [1.29, 1.82) is 5.41 Å². The minimum absolute atomic E-state index is 0.123. The Morgan fingerprint density at radius 3 is 3.00 bits per heavy atom. The maximum Gasteiger partial charge on any atom is 0.122 e. The highest BCUT2D eigenvalue weighted by molar-refractivity contribution is 5.97. The Kier molecular flexibility index (Phi) is 3.46. The maximum absolute atomic E-state index is 7.27. The van der Waals surface area contributed by atoms with Crippen LogP contribution in [0.1, 0.15) is 6.42 Å². The summed E-state index contributed by atoms with van der Waals surface area (Å²) in [6.07, 6.45) is 8.75. The third kappa shape index (κ3) is 2.87. The number of hydrogen-bond acceptors (Lipinski definition) is 2. The molecule has 0 saturated carbocycles. The number of allylic oxidation sites excluding steroid dienone is 3. The molecule has 0 aliphatic heterocycles. The van der Waals surface area contributed by atoms with Gasteiger partial charge >= 0.3 is 0 Å². The predicted molar refractivity (Wildman–Crippen MR) is 55.8 cm³/mol. The summed E-state index contributed by atoms with van der Waals surface area (Å²) in [5.74, 6) is 0.123. The number of likely N-dealkylation sites (N-methyl/N-ethyl adjacent to an activating group) is 1. The Morgan fingerprint density at radius 2 is 2.38 bits per heavy atom. The molecule has 70 valence electrons. The van der Waals surface area contributed by atoms with Crippen molar-refractivity contribution in [2.24, 2.45) is 5.73 Å². The standard InChI is InChI=1S/C10H15N3/c1-13-7-8-3-2-4-9(6-5-8)10(11)12/h2,4-6,13H,3,7H2,1H3,(H3,11,12). The number of rotatable bonds is 3. The summed E-state index contributed by atoms with van der Waals surface area (Å²) in [5, 5.41) is 10.4. The highest BCUT2D eigenvalue weighted by Crippen LogP contribution is 2.10. The van der Waals surface area contributed by atoms with Crippen molar-refractivity contribution in [2.75, 3.05) is 13.6 Å². The summed E-state index contributed by atoms with van der Waals surface area (Å²) < 4.78 is 0. The van der Waals surface area contributed by atoms with E-state index >= 15 is 0 Å². The van der Waals surface area contributed by atoms with Gasteiger partial charge in [0, 0.05) is 12.1 Å². The third-order valence-electron chi connectivity index (χ3n) is 1.89. The molecule has 0 aromatic heterocycles. The minimum atomic E-state index is 0.123. The summed E-state index contributed by atoms with van der Waals surface area (Å²) in [5.41, 5.74) is 7.46. The van der Waals surface area contributed by atoms with Crippen molar-refractivity contribution in [1.82, 2.24) is 5.32 Å². The summed E-state index contributed by atoms with van der Waals surface area (Å²) in [7, 11) is 1.92. The molecule has 1 rings (SSSR count). The molecule has 3 nitrogen and oxygen atoms in total. The van der Waals surface area contributed by atoms with E-state index < -0.39 is 0 Å². The SMILES string of the molecule is CNCC1=CC=C(C(=N)N)C=CC1. The van der Waals surface area contributed by atoms with E-state index in [2.05, 4.69) is 5.32 Å². The lowest BCUT2D eigenvalue weighted by molar-refractivity contribution is 0.862. The predicted octanol–water partition coefficient (Wildman–Crippen LogP) is 0.954. The molecule has 4 N–H and O–H groups in total. The van der Waals surface area contributed by atoms with Gasteiger partial charge in [-0.25, -0.2) is 0 Å². The van der Waals surface area contributed by atoms with Crippen LogP contribution in [0.2, 0.25) is 0 Å². The molecule has 0 radical (unpaired) electrons. The van der Waals surface area contributed by atoms with E-state index in [0.29, 0.717) is 0 Å². The summed E-state index contributed by atoms with van der Waals surface area (Å²) in [4.78, 5) is 0. The first kappa shape index (κ1) is 9.74. The third-order valence-corrected chi connectivity index (χ3v) is 1.89. The zero-order valence-electron chi connectivity index (χ0n) is 7.80. The molecule has 13 heavy (non-hydrogen) atoms. The second-order valence-electron chi connectivity index (χ2n) is 3.00. The number of hydrogen-bond donors (Lipinski definition) is 3. The van der Waals surface area contributed by atoms with Crippen molar-refractivity contribution < 1.29 is 0 Å². The largest absolute Gasteiger partial charge is 0.384 e. The van der Waals surface area contributed by atoms with Gasteiger partial charge in [0.15, 0.2) is 0 Å². The monoisotopic (exact) mass is 177 g/mol. The summed E-state index contributed by atoms with van der Waals surface area (Å²) >= 11 is 0.